The highest BCUT2D eigenvalue weighted by molar-refractivity contribution is 7.13. The van der Waals surface area contributed by atoms with E-state index in [-0.39, 0.29) is 18.5 Å². The summed E-state index contributed by atoms with van der Waals surface area (Å²) in [7, 11) is 0. The standard InChI is InChI=1S/C20H16F4N2OS/c1-12-2-4-13(5-3-12)19-26-16(11-28-19)9-18(27)25-10-14-6-7-15(21)8-17(14)20(22,23)24/h2-8,11H,9-10H2,1H3,(H,25,27). The van der Waals surface area contributed by atoms with Crippen LogP contribution in [0.1, 0.15) is 22.4 Å². The fraction of sp³-hybridized carbons (Fsp3) is 0.200. The summed E-state index contributed by atoms with van der Waals surface area (Å²) in [6.07, 6.45) is -4.75. The summed E-state index contributed by atoms with van der Waals surface area (Å²) in [6, 6.07) is 10.2. The van der Waals surface area contributed by atoms with Gasteiger partial charge in [0, 0.05) is 17.5 Å². The molecule has 0 spiro atoms. The number of hydrogen-bond donors (Lipinski definition) is 1. The number of carbonyl (C=O) groups is 1. The molecule has 28 heavy (non-hydrogen) atoms. The molecule has 0 atom stereocenters. The average Bonchev–Trinajstić information content (AvgIpc) is 3.09. The SMILES string of the molecule is Cc1ccc(-c2nc(CC(=O)NCc3ccc(F)cc3C(F)(F)F)cs2)cc1. The number of carbonyl (C=O) groups excluding carboxylic acids is 1. The third-order valence-corrected chi connectivity index (χ3v) is 4.99. The van der Waals surface area contributed by atoms with Gasteiger partial charge in [-0.3, -0.25) is 4.79 Å². The molecule has 1 amide bonds. The zero-order valence-electron chi connectivity index (χ0n) is 14.8. The first-order valence-electron chi connectivity index (χ1n) is 8.36. The Morgan fingerprint density at radius 3 is 2.54 bits per heavy atom. The quantitative estimate of drug-likeness (QED) is 0.595. The minimum atomic E-state index is -4.69. The summed E-state index contributed by atoms with van der Waals surface area (Å²) in [5, 5.41) is 4.95. The predicted molar refractivity (Wildman–Crippen MR) is 99.2 cm³/mol. The maximum Gasteiger partial charge on any atom is 0.416 e. The Bertz CT molecular complexity index is 981. The molecule has 0 saturated carbocycles. The van der Waals surface area contributed by atoms with Crippen LogP contribution < -0.4 is 5.32 Å². The fourth-order valence-electron chi connectivity index (χ4n) is 2.60. The lowest BCUT2D eigenvalue weighted by Gasteiger charge is -2.13. The van der Waals surface area contributed by atoms with E-state index in [1.165, 1.54) is 11.3 Å². The molecule has 0 aliphatic heterocycles. The lowest BCUT2D eigenvalue weighted by molar-refractivity contribution is -0.138. The van der Waals surface area contributed by atoms with Crippen molar-refractivity contribution in [2.45, 2.75) is 26.1 Å². The molecule has 0 aliphatic carbocycles. The normalized spacial score (nSPS) is 11.5. The minimum absolute atomic E-state index is 0.0507. The van der Waals surface area contributed by atoms with E-state index < -0.39 is 23.5 Å². The number of aromatic nitrogens is 1. The summed E-state index contributed by atoms with van der Waals surface area (Å²) in [4.78, 5) is 16.5. The van der Waals surface area contributed by atoms with E-state index in [0.717, 1.165) is 28.3 Å². The number of nitrogens with zero attached hydrogens (tertiary/aromatic N) is 1. The number of benzene rings is 2. The molecule has 0 aliphatic rings. The van der Waals surface area contributed by atoms with E-state index >= 15 is 0 Å². The number of rotatable bonds is 5. The highest BCUT2D eigenvalue weighted by Crippen LogP contribution is 2.32. The molecule has 0 fully saturated rings. The molecule has 1 heterocycles. The largest absolute Gasteiger partial charge is 0.416 e. The summed E-state index contributed by atoms with van der Waals surface area (Å²) in [5.74, 6) is -1.44. The number of halogens is 4. The van der Waals surface area contributed by atoms with Crippen LogP contribution in [0, 0.1) is 12.7 Å². The van der Waals surface area contributed by atoms with Crippen molar-refractivity contribution in [1.29, 1.82) is 0 Å². The summed E-state index contributed by atoms with van der Waals surface area (Å²) < 4.78 is 52.1. The van der Waals surface area contributed by atoms with E-state index in [1.807, 2.05) is 31.2 Å². The number of hydrogen-bond acceptors (Lipinski definition) is 3. The summed E-state index contributed by atoms with van der Waals surface area (Å²) in [6.45, 7) is 1.63. The lowest BCUT2D eigenvalue weighted by Crippen LogP contribution is -2.26. The van der Waals surface area contributed by atoms with Crippen molar-refractivity contribution in [3.05, 3.63) is 76.0 Å². The van der Waals surface area contributed by atoms with Gasteiger partial charge in [0.05, 0.1) is 17.7 Å². The monoisotopic (exact) mass is 408 g/mol. The van der Waals surface area contributed by atoms with E-state index in [4.69, 9.17) is 0 Å². The summed E-state index contributed by atoms with van der Waals surface area (Å²) in [5.41, 5.74) is 1.31. The zero-order chi connectivity index (χ0) is 20.3. The van der Waals surface area contributed by atoms with Crippen LogP contribution in [0.5, 0.6) is 0 Å². The topological polar surface area (TPSA) is 42.0 Å². The van der Waals surface area contributed by atoms with E-state index in [9.17, 15) is 22.4 Å². The third kappa shape index (κ3) is 4.95. The molecule has 0 saturated heterocycles. The number of amides is 1. The molecule has 8 heteroatoms. The molecular formula is C20H16F4N2OS. The van der Waals surface area contributed by atoms with Crippen LogP contribution in [0.2, 0.25) is 0 Å². The first-order valence-corrected chi connectivity index (χ1v) is 9.24. The molecule has 0 radical (unpaired) electrons. The number of nitrogens with one attached hydrogen (secondary N) is 1. The van der Waals surface area contributed by atoms with Crippen molar-refractivity contribution in [2.24, 2.45) is 0 Å². The number of aryl methyl sites for hydroxylation is 1. The van der Waals surface area contributed by atoms with Crippen LogP contribution in [-0.4, -0.2) is 10.9 Å². The molecule has 146 valence electrons. The van der Waals surface area contributed by atoms with Crippen LogP contribution in [0.25, 0.3) is 10.6 Å². The van der Waals surface area contributed by atoms with Gasteiger partial charge in [0.15, 0.2) is 0 Å². The maximum atomic E-state index is 13.1. The molecule has 2 aromatic carbocycles. The molecule has 1 N–H and O–H groups in total. The van der Waals surface area contributed by atoms with Crippen molar-refractivity contribution < 1.29 is 22.4 Å². The smallest absolute Gasteiger partial charge is 0.352 e. The Morgan fingerprint density at radius 2 is 1.86 bits per heavy atom. The van der Waals surface area contributed by atoms with Gasteiger partial charge >= 0.3 is 6.18 Å². The second-order valence-corrected chi connectivity index (χ2v) is 7.12. The van der Waals surface area contributed by atoms with Gasteiger partial charge in [-0.15, -0.1) is 11.3 Å². The third-order valence-electron chi connectivity index (χ3n) is 4.05. The Balaban J connectivity index is 1.64. The van der Waals surface area contributed by atoms with Crippen molar-refractivity contribution in [1.82, 2.24) is 10.3 Å². The molecule has 3 nitrogen and oxygen atoms in total. The highest BCUT2D eigenvalue weighted by atomic mass is 32.1. The highest BCUT2D eigenvalue weighted by Gasteiger charge is 2.33. The Labute approximate surface area is 163 Å². The van der Waals surface area contributed by atoms with E-state index in [0.29, 0.717) is 11.8 Å². The number of alkyl halides is 3. The Hall–Kier alpha value is -2.74. The van der Waals surface area contributed by atoms with Gasteiger partial charge in [0.2, 0.25) is 5.91 Å². The zero-order valence-corrected chi connectivity index (χ0v) is 15.6. The average molecular weight is 408 g/mol. The number of thiazole rings is 1. The van der Waals surface area contributed by atoms with Crippen LogP contribution in [0.4, 0.5) is 17.6 Å². The van der Waals surface area contributed by atoms with E-state index in [1.54, 1.807) is 5.38 Å². The van der Waals surface area contributed by atoms with Gasteiger partial charge in [-0.25, -0.2) is 9.37 Å². The minimum Gasteiger partial charge on any atom is -0.352 e. The predicted octanol–water partition coefficient (Wildman–Crippen LogP) is 5.14. The maximum absolute atomic E-state index is 13.1. The second kappa shape index (κ2) is 8.10. The van der Waals surface area contributed by atoms with Crippen LogP contribution in [0.15, 0.2) is 47.8 Å². The molecule has 0 bridgehead atoms. The summed E-state index contributed by atoms with van der Waals surface area (Å²) >= 11 is 1.39. The van der Waals surface area contributed by atoms with Gasteiger partial charge in [-0.2, -0.15) is 13.2 Å². The second-order valence-electron chi connectivity index (χ2n) is 6.26. The molecule has 3 rings (SSSR count). The molecular weight excluding hydrogens is 392 g/mol. The van der Waals surface area contributed by atoms with Crippen molar-refractivity contribution in [2.75, 3.05) is 0 Å². The first-order chi connectivity index (χ1) is 13.2. The first kappa shape index (κ1) is 20.0. The molecule has 0 unspecified atom stereocenters. The van der Waals surface area contributed by atoms with Gasteiger partial charge in [-0.1, -0.05) is 35.9 Å². The van der Waals surface area contributed by atoms with Crippen molar-refractivity contribution in [3.8, 4) is 10.6 Å². The van der Waals surface area contributed by atoms with E-state index in [2.05, 4.69) is 10.3 Å². The molecule has 3 aromatic rings. The Kier molecular flexibility index (Phi) is 5.79. The van der Waals surface area contributed by atoms with Gasteiger partial charge in [0.1, 0.15) is 10.8 Å². The van der Waals surface area contributed by atoms with Crippen LogP contribution in [-0.2, 0) is 23.9 Å². The fourth-order valence-corrected chi connectivity index (χ4v) is 3.43. The van der Waals surface area contributed by atoms with Gasteiger partial charge in [-0.05, 0) is 24.6 Å². The van der Waals surface area contributed by atoms with Crippen molar-refractivity contribution >= 4 is 17.2 Å². The van der Waals surface area contributed by atoms with Gasteiger partial charge < -0.3 is 5.32 Å². The molecule has 1 aromatic heterocycles. The van der Waals surface area contributed by atoms with Crippen LogP contribution in [0.3, 0.4) is 0 Å². The lowest BCUT2D eigenvalue weighted by atomic mass is 10.1. The van der Waals surface area contributed by atoms with Crippen LogP contribution >= 0.6 is 11.3 Å². The Morgan fingerprint density at radius 1 is 1.14 bits per heavy atom. The van der Waals surface area contributed by atoms with Crippen molar-refractivity contribution in [3.63, 3.8) is 0 Å². The van der Waals surface area contributed by atoms with Gasteiger partial charge in [0.25, 0.3) is 0 Å².